The van der Waals surface area contributed by atoms with Crippen LogP contribution in [0.4, 0.5) is 18.9 Å². The van der Waals surface area contributed by atoms with Gasteiger partial charge in [-0.15, -0.1) is 10.8 Å². The van der Waals surface area contributed by atoms with Crippen molar-refractivity contribution in [2.24, 2.45) is 17.8 Å². The Morgan fingerprint density at radius 1 is 1.27 bits per heavy atom. The van der Waals surface area contributed by atoms with Crippen LogP contribution < -0.4 is 4.31 Å². The Morgan fingerprint density at radius 2 is 1.96 bits per heavy atom. The molecule has 5 atom stereocenters. The lowest BCUT2D eigenvalue weighted by molar-refractivity contribution is -0.137. The van der Waals surface area contributed by atoms with Crippen molar-refractivity contribution in [3.05, 3.63) is 29.3 Å². The van der Waals surface area contributed by atoms with Crippen LogP contribution in [-0.4, -0.2) is 31.6 Å². The minimum Gasteiger partial charge on any atom is -0.393 e. The highest BCUT2D eigenvalue weighted by Gasteiger charge is 2.70. The summed E-state index contributed by atoms with van der Waals surface area (Å²) in [7, 11) is -3.44. The van der Waals surface area contributed by atoms with E-state index < -0.39 is 38.9 Å². The molecule has 1 heterocycles. The Labute approximate surface area is 150 Å². The second-order valence-electron chi connectivity index (χ2n) is 7.61. The van der Waals surface area contributed by atoms with Crippen LogP contribution in [0.1, 0.15) is 30.9 Å². The molecule has 0 aromatic heterocycles. The van der Waals surface area contributed by atoms with Crippen molar-refractivity contribution in [2.45, 2.75) is 36.8 Å². The average Bonchev–Trinajstić information content (AvgIpc) is 3.13. The van der Waals surface area contributed by atoms with E-state index in [0.717, 1.165) is 12.1 Å². The highest BCUT2D eigenvalue weighted by Crippen LogP contribution is 2.76. The van der Waals surface area contributed by atoms with Crippen LogP contribution in [0.3, 0.4) is 0 Å². The molecule has 3 aliphatic rings. The number of halogens is 3. The molecular formula is C17H19F3N2O3S. The standard InChI is InChI=1S/C17H19F3N2O3S/c1-16-13-4-10(5-15(13)23)14(16)8-22(26(16,24)25)11-3-2-9(7-21)12(6-11)17(18,19)20/h2-3,6,10,13-15,23-25H,4-5,8H2,1H3/t10-,13+,14+,15-,16-/m1/s1. The summed E-state index contributed by atoms with van der Waals surface area (Å²) in [5.74, 6) is -0.226. The van der Waals surface area contributed by atoms with E-state index in [-0.39, 0.29) is 30.0 Å². The zero-order valence-electron chi connectivity index (χ0n) is 13.9. The van der Waals surface area contributed by atoms with Crippen molar-refractivity contribution in [2.75, 3.05) is 10.8 Å². The lowest BCUT2D eigenvalue weighted by atomic mass is 9.78. The summed E-state index contributed by atoms with van der Waals surface area (Å²) in [5.41, 5.74) is -1.54. The number of anilines is 1. The molecule has 0 spiro atoms. The predicted molar refractivity (Wildman–Crippen MR) is 90.5 cm³/mol. The highest BCUT2D eigenvalue weighted by molar-refractivity contribution is 8.26. The molecule has 9 heteroatoms. The Balaban J connectivity index is 1.78. The molecule has 0 unspecified atom stereocenters. The Kier molecular flexibility index (Phi) is 3.64. The van der Waals surface area contributed by atoms with Gasteiger partial charge in [0.25, 0.3) is 0 Å². The van der Waals surface area contributed by atoms with Crippen LogP contribution >= 0.6 is 10.8 Å². The molecule has 2 aliphatic carbocycles. The summed E-state index contributed by atoms with van der Waals surface area (Å²) < 4.78 is 62.1. The lowest BCUT2D eigenvalue weighted by Gasteiger charge is -2.52. The molecule has 3 fully saturated rings. The van der Waals surface area contributed by atoms with Crippen LogP contribution in [0, 0.1) is 29.1 Å². The van der Waals surface area contributed by atoms with Gasteiger partial charge >= 0.3 is 6.18 Å². The Morgan fingerprint density at radius 3 is 2.58 bits per heavy atom. The summed E-state index contributed by atoms with van der Waals surface area (Å²) in [5, 5.41) is 19.2. The third-order valence-corrected chi connectivity index (χ3v) is 9.34. The zero-order chi connectivity index (χ0) is 19.1. The van der Waals surface area contributed by atoms with Crippen LogP contribution in [0.25, 0.3) is 0 Å². The number of alkyl halides is 3. The van der Waals surface area contributed by atoms with Gasteiger partial charge < -0.3 is 5.11 Å². The van der Waals surface area contributed by atoms with Crippen molar-refractivity contribution in [3.8, 4) is 6.07 Å². The monoisotopic (exact) mass is 388 g/mol. The second-order valence-corrected chi connectivity index (χ2v) is 9.97. The fraction of sp³-hybridized carbons (Fsp3) is 0.588. The molecule has 1 aliphatic heterocycles. The number of nitrogens with zero attached hydrogens (tertiary/aromatic N) is 2. The van der Waals surface area contributed by atoms with Gasteiger partial charge in [0.05, 0.1) is 33.7 Å². The van der Waals surface area contributed by atoms with Crippen molar-refractivity contribution in [1.29, 1.82) is 5.26 Å². The minimum absolute atomic E-state index is 0.0424. The van der Waals surface area contributed by atoms with Crippen molar-refractivity contribution in [1.82, 2.24) is 0 Å². The quantitative estimate of drug-likeness (QED) is 0.680. The first-order valence-electron chi connectivity index (χ1n) is 8.36. The van der Waals surface area contributed by atoms with Gasteiger partial charge in [-0.3, -0.25) is 13.4 Å². The molecule has 3 N–H and O–H groups in total. The van der Waals surface area contributed by atoms with Gasteiger partial charge in [0.2, 0.25) is 0 Å². The van der Waals surface area contributed by atoms with Crippen LogP contribution in [0.2, 0.25) is 0 Å². The van der Waals surface area contributed by atoms with Crippen molar-refractivity contribution < 1.29 is 27.4 Å². The number of aliphatic hydroxyl groups is 1. The van der Waals surface area contributed by atoms with E-state index in [0.29, 0.717) is 12.8 Å². The summed E-state index contributed by atoms with van der Waals surface area (Å²) >= 11 is 0. The number of rotatable bonds is 1. The summed E-state index contributed by atoms with van der Waals surface area (Å²) in [6.07, 6.45) is -4.01. The van der Waals surface area contributed by atoms with Crippen molar-refractivity contribution >= 4 is 16.5 Å². The SMILES string of the molecule is C[C@@]12[C@@H](CN(c3ccc(C#N)c(C(F)(F)F)c3)S1(O)O)[C@H]1C[C@@H](O)[C@@H]2C1. The number of hydrogen-bond donors (Lipinski definition) is 3. The van der Waals surface area contributed by atoms with Gasteiger partial charge in [0.1, 0.15) is 0 Å². The predicted octanol–water partition coefficient (Wildman–Crippen LogP) is 3.84. The highest BCUT2D eigenvalue weighted by atomic mass is 32.3. The number of benzene rings is 1. The van der Waals surface area contributed by atoms with E-state index in [2.05, 4.69) is 0 Å². The second kappa shape index (κ2) is 5.29. The Bertz CT molecular complexity index is 809. The lowest BCUT2D eigenvalue weighted by Crippen LogP contribution is -2.46. The molecule has 5 nitrogen and oxygen atoms in total. The molecule has 0 amide bonds. The van der Waals surface area contributed by atoms with Crippen LogP contribution in [-0.2, 0) is 6.18 Å². The first-order chi connectivity index (χ1) is 12.0. The Hall–Kier alpha value is -1.47. The maximum absolute atomic E-state index is 13.3. The maximum Gasteiger partial charge on any atom is 0.417 e. The van der Waals surface area contributed by atoms with E-state index in [1.165, 1.54) is 16.4 Å². The molecule has 26 heavy (non-hydrogen) atoms. The van der Waals surface area contributed by atoms with E-state index in [9.17, 15) is 27.4 Å². The third kappa shape index (κ3) is 2.10. The normalized spacial score (nSPS) is 38.9. The molecule has 0 radical (unpaired) electrons. The van der Waals surface area contributed by atoms with Crippen LogP contribution in [0.5, 0.6) is 0 Å². The summed E-state index contributed by atoms with van der Waals surface area (Å²) in [4.78, 5) is 0. The fourth-order valence-electron chi connectivity index (χ4n) is 5.27. The van der Waals surface area contributed by atoms with Gasteiger partial charge in [-0.2, -0.15) is 18.4 Å². The van der Waals surface area contributed by atoms with Gasteiger partial charge in [0.15, 0.2) is 0 Å². The molecule has 2 bridgehead atoms. The molecule has 1 saturated heterocycles. The fourth-order valence-corrected chi connectivity index (χ4v) is 7.85. The number of hydrogen-bond acceptors (Lipinski definition) is 5. The molecule has 4 rings (SSSR count). The zero-order valence-corrected chi connectivity index (χ0v) is 14.8. The summed E-state index contributed by atoms with van der Waals surface area (Å²) in [6.45, 7) is 1.96. The van der Waals surface area contributed by atoms with Gasteiger partial charge in [-0.1, -0.05) is 0 Å². The molecule has 2 saturated carbocycles. The van der Waals surface area contributed by atoms with Gasteiger partial charge in [-0.05, 0) is 43.9 Å². The number of nitriles is 1. The van der Waals surface area contributed by atoms with E-state index in [4.69, 9.17) is 5.26 Å². The van der Waals surface area contributed by atoms with Crippen LogP contribution in [0.15, 0.2) is 18.2 Å². The van der Waals surface area contributed by atoms with Crippen molar-refractivity contribution in [3.63, 3.8) is 0 Å². The largest absolute Gasteiger partial charge is 0.417 e. The maximum atomic E-state index is 13.3. The minimum atomic E-state index is -4.71. The first kappa shape index (κ1) is 17.9. The number of fused-ring (bicyclic) bond motifs is 5. The third-order valence-electron chi connectivity index (χ3n) is 6.58. The topological polar surface area (TPSA) is 87.7 Å². The van der Waals surface area contributed by atoms with Gasteiger partial charge in [0, 0.05) is 18.4 Å². The smallest absolute Gasteiger partial charge is 0.393 e. The number of aliphatic hydroxyl groups excluding tert-OH is 1. The molecule has 142 valence electrons. The average molecular weight is 388 g/mol. The molecule has 1 aromatic carbocycles. The summed E-state index contributed by atoms with van der Waals surface area (Å²) in [6, 6.07) is 4.73. The van der Waals surface area contributed by atoms with E-state index in [1.807, 2.05) is 0 Å². The van der Waals surface area contributed by atoms with E-state index >= 15 is 0 Å². The van der Waals surface area contributed by atoms with Gasteiger partial charge in [-0.25, -0.2) is 0 Å². The first-order valence-corrected chi connectivity index (χ1v) is 9.87. The molecular weight excluding hydrogens is 369 g/mol. The molecule has 1 aromatic rings. The van der Waals surface area contributed by atoms with E-state index in [1.54, 1.807) is 6.92 Å².